The molecule has 20 heavy (non-hydrogen) atoms. The number of ether oxygens (including phenoxy) is 1. The first-order chi connectivity index (χ1) is 9.78. The molecule has 2 aliphatic rings. The number of hydrogen-bond donors (Lipinski definition) is 0. The average Bonchev–Trinajstić information content (AvgIpc) is 2.48. The minimum Gasteiger partial charge on any atom is -0.378 e. The Morgan fingerprint density at radius 2 is 2.05 bits per heavy atom. The predicted octanol–water partition coefficient (Wildman–Crippen LogP) is 1.17. The quantitative estimate of drug-likeness (QED) is 0.774. The van der Waals surface area contributed by atoms with Crippen LogP contribution < -0.4 is 4.90 Å². The van der Waals surface area contributed by atoms with E-state index in [0.29, 0.717) is 0 Å². The summed E-state index contributed by atoms with van der Waals surface area (Å²) in [5.74, 6) is 1.99. The van der Waals surface area contributed by atoms with E-state index >= 15 is 0 Å². The molecule has 0 spiro atoms. The first-order valence-electron chi connectivity index (χ1n) is 7.30. The molecule has 1 aromatic heterocycles. The molecule has 0 amide bonds. The van der Waals surface area contributed by atoms with Crippen molar-refractivity contribution in [1.29, 1.82) is 0 Å². The van der Waals surface area contributed by atoms with Gasteiger partial charge in [-0.15, -0.1) is 6.58 Å². The largest absolute Gasteiger partial charge is 0.378 e. The summed E-state index contributed by atoms with van der Waals surface area (Å²) < 4.78 is 5.45. The molecular weight excluding hydrogens is 252 g/mol. The van der Waals surface area contributed by atoms with Crippen LogP contribution in [0.25, 0.3) is 0 Å². The lowest BCUT2D eigenvalue weighted by molar-refractivity contribution is 0.122. The van der Waals surface area contributed by atoms with Gasteiger partial charge in [-0.1, -0.05) is 6.08 Å². The van der Waals surface area contributed by atoms with Crippen LogP contribution in [0.4, 0.5) is 5.82 Å². The molecule has 5 nitrogen and oxygen atoms in total. The van der Waals surface area contributed by atoms with E-state index < -0.39 is 0 Å². The number of aryl methyl sites for hydroxylation is 1. The maximum absolute atomic E-state index is 5.45. The molecule has 0 aliphatic carbocycles. The van der Waals surface area contributed by atoms with Crippen molar-refractivity contribution in [1.82, 2.24) is 14.9 Å². The molecule has 3 rings (SSSR count). The van der Waals surface area contributed by atoms with Crippen molar-refractivity contribution < 1.29 is 4.74 Å². The fourth-order valence-corrected chi connectivity index (χ4v) is 2.95. The zero-order chi connectivity index (χ0) is 13.9. The molecule has 0 unspecified atom stereocenters. The Kier molecular flexibility index (Phi) is 3.98. The fraction of sp³-hybridized carbons (Fsp3) is 0.600. The van der Waals surface area contributed by atoms with Crippen LogP contribution in [0.2, 0.25) is 0 Å². The van der Waals surface area contributed by atoms with Crippen LogP contribution in [0, 0.1) is 6.92 Å². The summed E-state index contributed by atoms with van der Waals surface area (Å²) in [5.41, 5.74) is 2.52. The van der Waals surface area contributed by atoms with Crippen molar-refractivity contribution in [2.24, 2.45) is 0 Å². The molecule has 5 heteroatoms. The van der Waals surface area contributed by atoms with Crippen LogP contribution in [0.3, 0.4) is 0 Å². The third kappa shape index (κ3) is 2.69. The monoisotopic (exact) mass is 274 g/mol. The summed E-state index contributed by atoms with van der Waals surface area (Å²) in [7, 11) is 0. The predicted molar refractivity (Wildman–Crippen MR) is 79.0 cm³/mol. The van der Waals surface area contributed by atoms with Crippen LogP contribution in [0.15, 0.2) is 12.7 Å². The Morgan fingerprint density at radius 1 is 1.25 bits per heavy atom. The molecule has 1 saturated heterocycles. The van der Waals surface area contributed by atoms with Gasteiger partial charge in [0.2, 0.25) is 0 Å². The lowest BCUT2D eigenvalue weighted by Gasteiger charge is -2.34. The highest BCUT2D eigenvalue weighted by Crippen LogP contribution is 2.27. The van der Waals surface area contributed by atoms with E-state index in [2.05, 4.69) is 21.4 Å². The van der Waals surface area contributed by atoms with Crippen molar-refractivity contribution >= 4 is 5.82 Å². The van der Waals surface area contributed by atoms with E-state index in [4.69, 9.17) is 9.72 Å². The lowest BCUT2D eigenvalue weighted by atomic mass is 10.1. The number of aromatic nitrogens is 2. The minimum absolute atomic E-state index is 0.786. The van der Waals surface area contributed by atoms with Crippen LogP contribution in [0.1, 0.15) is 17.1 Å². The van der Waals surface area contributed by atoms with Crippen LogP contribution >= 0.6 is 0 Å². The van der Waals surface area contributed by atoms with E-state index in [1.807, 2.05) is 13.0 Å². The first kappa shape index (κ1) is 13.5. The Balaban J connectivity index is 1.92. The molecule has 0 aromatic carbocycles. The van der Waals surface area contributed by atoms with Gasteiger partial charge in [-0.2, -0.15) is 0 Å². The Morgan fingerprint density at radius 3 is 2.80 bits per heavy atom. The van der Waals surface area contributed by atoms with Gasteiger partial charge in [-0.25, -0.2) is 9.97 Å². The normalized spacial score (nSPS) is 19.8. The van der Waals surface area contributed by atoms with Crippen molar-refractivity contribution in [3.8, 4) is 0 Å². The van der Waals surface area contributed by atoms with Crippen molar-refractivity contribution in [2.45, 2.75) is 19.9 Å². The second-order valence-corrected chi connectivity index (χ2v) is 5.39. The second-order valence-electron chi connectivity index (χ2n) is 5.39. The highest BCUT2D eigenvalue weighted by Gasteiger charge is 2.24. The summed E-state index contributed by atoms with van der Waals surface area (Å²) in [4.78, 5) is 14.1. The summed E-state index contributed by atoms with van der Waals surface area (Å²) in [6.07, 6.45) is 2.97. The van der Waals surface area contributed by atoms with E-state index in [1.165, 1.54) is 11.3 Å². The number of hydrogen-bond acceptors (Lipinski definition) is 5. The molecule has 108 valence electrons. The Labute approximate surface area is 120 Å². The van der Waals surface area contributed by atoms with Crippen LogP contribution in [0.5, 0.6) is 0 Å². The van der Waals surface area contributed by atoms with Gasteiger partial charge in [0.15, 0.2) is 0 Å². The number of nitrogens with zero attached hydrogens (tertiary/aromatic N) is 4. The highest BCUT2D eigenvalue weighted by atomic mass is 16.5. The summed E-state index contributed by atoms with van der Waals surface area (Å²) in [6.45, 7) is 12.1. The van der Waals surface area contributed by atoms with E-state index in [-0.39, 0.29) is 0 Å². The summed E-state index contributed by atoms with van der Waals surface area (Å²) in [6, 6.07) is 0. The molecule has 0 bridgehead atoms. The number of morpholine rings is 1. The second kappa shape index (κ2) is 5.89. The number of anilines is 1. The first-order valence-corrected chi connectivity index (χ1v) is 7.30. The standard InChI is InChI=1S/C15H22N4O/c1-3-5-18-6-4-14-13(11-18)15(17-12(2)16-14)19-7-9-20-10-8-19/h3H,1,4-11H2,2H3. The topological polar surface area (TPSA) is 41.5 Å². The molecule has 3 heterocycles. The van der Waals surface area contributed by atoms with Gasteiger partial charge in [0.25, 0.3) is 0 Å². The SMILES string of the molecule is C=CCN1CCc2nc(C)nc(N3CCOCC3)c2C1. The van der Waals surface area contributed by atoms with Crippen LogP contribution in [-0.2, 0) is 17.7 Å². The van der Waals surface area contributed by atoms with Gasteiger partial charge in [0.1, 0.15) is 11.6 Å². The van der Waals surface area contributed by atoms with Gasteiger partial charge in [-0.05, 0) is 6.92 Å². The number of fused-ring (bicyclic) bond motifs is 1. The molecule has 0 saturated carbocycles. The van der Waals surface area contributed by atoms with Gasteiger partial charge in [0.05, 0.1) is 18.9 Å². The minimum atomic E-state index is 0.786. The zero-order valence-corrected chi connectivity index (χ0v) is 12.1. The summed E-state index contributed by atoms with van der Waals surface area (Å²) >= 11 is 0. The molecule has 0 radical (unpaired) electrons. The van der Waals surface area contributed by atoms with Crippen molar-refractivity contribution in [3.05, 3.63) is 29.7 Å². The van der Waals surface area contributed by atoms with Gasteiger partial charge < -0.3 is 9.64 Å². The Bertz CT molecular complexity index is 497. The average molecular weight is 274 g/mol. The molecule has 1 fully saturated rings. The van der Waals surface area contributed by atoms with E-state index in [1.54, 1.807) is 0 Å². The van der Waals surface area contributed by atoms with E-state index in [0.717, 1.165) is 64.0 Å². The van der Waals surface area contributed by atoms with Gasteiger partial charge in [0, 0.05) is 44.7 Å². The van der Waals surface area contributed by atoms with Crippen LogP contribution in [-0.4, -0.2) is 54.3 Å². The zero-order valence-electron chi connectivity index (χ0n) is 12.1. The molecule has 0 atom stereocenters. The van der Waals surface area contributed by atoms with E-state index in [9.17, 15) is 0 Å². The maximum Gasteiger partial charge on any atom is 0.137 e. The molecule has 0 N–H and O–H groups in total. The molecule has 2 aliphatic heterocycles. The smallest absolute Gasteiger partial charge is 0.137 e. The third-order valence-electron chi connectivity index (χ3n) is 3.93. The molecular formula is C15H22N4O. The van der Waals surface area contributed by atoms with Gasteiger partial charge >= 0.3 is 0 Å². The molecule has 1 aromatic rings. The third-order valence-corrected chi connectivity index (χ3v) is 3.93. The van der Waals surface area contributed by atoms with Crippen molar-refractivity contribution in [3.63, 3.8) is 0 Å². The number of rotatable bonds is 3. The maximum atomic E-state index is 5.45. The fourth-order valence-electron chi connectivity index (χ4n) is 2.95. The van der Waals surface area contributed by atoms with Gasteiger partial charge in [-0.3, -0.25) is 4.90 Å². The summed E-state index contributed by atoms with van der Waals surface area (Å²) in [5, 5.41) is 0. The Hall–Kier alpha value is -1.46. The lowest BCUT2D eigenvalue weighted by Crippen LogP contribution is -2.40. The highest BCUT2D eigenvalue weighted by molar-refractivity contribution is 5.50. The van der Waals surface area contributed by atoms with Crippen molar-refractivity contribution in [2.75, 3.05) is 44.3 Å².